The molecule has 10 heteroatoms. The normalized spacial score (nSPS) is 10.8. The lowest BCUT2D eigenvalue weighted by Gasteiger charge is -2.08. The van der Waals surface area contributed by atoms with Crippen LogP contribution in [0.4, 0.5) is 16.2 Å². The van der Waals surface area contributed by atoms with Gasteiger partial charge in [0, 0.05) is 17.8 Å². The topological polar surface area (TPSA) is 132 Å². The lowest BCUT2D eigenvalue weighted by atomic mass is 10.1. The van der Waals surface area contributed by atoms with Gasteiger partial charge >= 0.3 is 6.09 Å². The van der Waals surface area contributed by atoms with Crippen LogP contribution in [0.2, 0.25) is 0 Å². The fraction of sp³-hybridized carbons (Fsp3) is 0.250. The molecule has 2 aromatic carbocycles. The van der Waals surface area contributed by atoms with Crippen LogP contribution in [-0.2, 0) is 16.1 Å². The van der Waals surface area contributed by atoms with Gasteiger partial charge in [-0.25, -0.2) is 10.2 Å². The van der Waals surface area contributed by atoms with Gasteiger partial charge < -0.3 is 14.8 Å². The number of benzene rings is 2. The van der Waals surface area contributed by atoms with Gasteiger partial charge in [0.15, 0.2) is 0 Å². The molecule has 158 valence electrons. The molecule has 30 heavy (non-hydrogen) atoms. The molecule has 0 radical (unpaired) electrons. The standard InChI is InChI=1S/C20H22N4O6/c1-13-4-7-16(24(27)28)11-18(13)21-19(25)10-14(2)22-23-20(26)30-12-15-5-8-17(29-3)9-6-15/h4-9,11H,10,12H2,1-3H3,(H,21,25)(H,23,26)/b22-14-. The van der Waals surface area contributed by atoms with E-state index >= 15 is 0 Å². The van der Waals surface area contributed by atoms with Crippen molar-refractivity contribution in [3.8, 4) is 5.75 Å². The van der Waals surface area contributed by atoms with Crippen molar-refractivity contribution >= 4 is 29.1 Å². The molecule has 0 saturated heterocycles. The van der Waals surface area contributed by atoms with Crippen molar-refractivity contribution in [2.45, 2.75) is 26.9 Å². The Labute approximate surface area is 173 Å². The summed E-state index contributed by atoms with van der Waals surface area (Å²) >= 11 is 0. The summed E-state index contributed by atoms with van der Waals surface area (Å²) in [5.41, 5.74) is 4.22. The third-order valence-electron chi connectivity index (χ3n) is 3.99. The zero-order chi connectivity index (χ0) is 22.1. The first kappa shape index (κ1) is 22.3. The average molecular weight is 414 g/mol. The van der Waals surface area contributed by atoms with Crippen LogP contribution in [0.15, 0.2) is 47.6 Å². The summed E-state index contributed by atoms with van der Waals surface area (Å²) in [5.74, 6) is 0.273. The number of hydrogen-bond donors (Lipinski definition) is 2. The quantitative estimate of drug-likeness (QED) is 0.386. The second-order valence-corrected chi connectivity index (χ2v) is 6.36. The molecular formula is C20H22N4O6. The number of methoxy groups -OCH3 is 1. The van der Waals surface area contributed by atoms with Crippen molar-refractivity contribution < 1.29 is 24.0 Å². The Bertz CT molecular complexity index is 956. The summed E-state index contributed by atoms with van der Waals surface area (Å²) in [6.07, 6.45) is -0.874. The molecule has 0 atom stereocenters. The van der Waals surface area contributed by atoms with Gasteiger partial charge in [-0.3, -0.25) is 14.9 Å². The number of hydrazone groups is 1. The van der Waals surface area contributed by atoms with Gasteiger partial charge in [-0.05, 0) is 37.1 Å². The fourth-order valence-electron chi connectivity index (χ4n) is 2.37. The summed E-state index contributed by atoms with van der Waals surface area (Å²) in [4.78, 5) is 34.2. The number of carbonyl (C=O) groups excluding carboxylic acids is 2. The monoisotopic (exact) mass is 414 g/mol. The molecule has 0 bridgehead atoms. The van der Waals surface area contributed by atoms with E-state index in [0.717, 1.165) is 5.56 Å². The predicted octanol–water partition coefficient (Wildman–Crippen LogP) is 3.54. The van der Waals surface area contributed by atoms with E-state index in [2.05, 4.69) is 15.8 Å². The summed E-state index contributed by atoms with van der Waals surface area (Å²) in [7, 11) is 1.56. The SMILES string of the molecule is COc1ccc(COC(=O)N/N=C(/C)CC(=O)Nc2cc([N+](=O)[O-])ccc2C)cc1. The van der Waals surface area contributed by atoms with Crippen LogP contribution < -0.4 is 15.5 Å². The smallest absolute Gasteiger partial charge is 0.428 e. The van der Waals surface area contributed by atoms with Crippen LogP contribution in [0, 0.1) is 17.0 Å². The number of ether oxygens (including phenoxy) is 2. The number of carbonyl (C=O) groups is 2. The maximum atomic E-state index is 12.1. The fourth-order valence-corrected chi connectivity index (χ4v) is 2.37. The van der Waals surface area contributed by atoms with E-state index in [1.54, 1.807) is 51.3 Å². The number of nitro benzene ring substituents is 1. The lowest BCUT2D eigenvalue weighted by molar-refractivity contribution is -0.384. The van der Waals surface area contributed by atoms with E-state index < -0.39 is 16.9 Å². The van der Waals surface area contributed by atoms with E-state index in [4.69, 9.17) is 9.47 Å². The van der Waals surface area contributed by atoms with Crippen molar-refractivity contribution in [2.24, 2.45) is 5.10 Å². The van der Waals surface area contributed by atoms with E-state index in [1.807, 2.05) is 0 Å². The zero-order valence-electron chi connectivity index (χ0n) is 16.8. The highest BCUT2D eigenvalue weighted by Gasteiger charge is 2.12. The molecule has 0 saturated carbocycles. The van der Waals surface area contributed by atoms with E-state index in [-0.39, 0.29) is 18.7 Å². The van der Waals surface area contributed by atoms with Crippen LogP contribution in [0.5, 0.6) is 5.75 Å². The second kappa shape index (κ2) is 10.6. The van der Waals surface area contributed by atoms with Crippen LogP contribution in [0.25, 0.3) is 0 Å². The van der Waals surface area contributed by atoms with Crippen molar-refractivity contribution in [1.29, 1.82) is 0 Å². The molecule has 0 fully saturated rings. The van der Waals surface area contributed by atoms with Crippen molar-refractivity contribution in [3.05, 3.63) is 63.7 Å². The number of amides is 2. The van der Waals surface area contributed by atoms with Crippen LogP contribution in [0.3, 0.4) is 0 Å². The Kier molecular flexibility index (Phi) is 7.86. The first-order valence-corrected chi connectivity index (χ1v) is 8.92. The number of anilines is 1. The molecule has 0 unspecified atom stereocenters. The van der Waals surface area contributed by atoms with Gasteiger partial charge in [0.2, 0.25) is 5.91 Å². The van der Waals surface area contributed by atoms with Gasteiger partial charge in [-0.2, -0.15) is 5.10 Å². The number of nitrogens with one attached hydrogen (secondary N) is 2. The summed E-state index contributed by atoms with van der Waals surface area (Å²) in [5, 5.41) is 17.3. The number of non-ortho nitro benzene ring substituents is 1. The van der Waals surface area contributed by atoms with Gasteiger partial charge in [0.25, 0.3) is 5.69 Å². The van der Waals surface area contributed by atoms with Gasteiger partial charge in [-0.1, -0.05) is 18.2 Å². The first-order chi connectivity index (χ1) is 14.3. The van der Waals surface area contributed by atoms with E-state index in [1.165, 1.54) is 12.1 Å². The van der Waals surface area contributed by atoms with Gasteiger partial charge in [0.1, 0.15) is 12.4 Å². The summed E-state index contributed by atoms with van der Waals surface area (Å²) in [6, 6.07) is 11.2. The number of aryl methyl sites for hydroxylation is 1. The third kappa shape index (κ3) is 6.89. The van der Waals surface area contributed by atoms with Crippen molar-refractivity contribution in [1.82, 2.24) is 5.43 Å². The Hall–Kier alpha value is -3.95. The van der Waals surface area contributed by atoms with Gasteiger partial charge in [0.05, 0.1) is 24.1 Å². The van der Waals surface area contributed by atoms with Crippen LogP contribution in [-0.4, -0.2) is 29.7 Å². The molecular weight excluding hydrogens is 392 g/mol. The number of hydrogen-bond acceptors (Lipinski definition) is 7. The zero-order valence-corrected chi connectivity index (χ0v) is 16.8. The minimum atomic E-state index is -0.764. The third-order valence-corrected chi connectivity index (χ3v) is 3.99. The Morgan fingerprint density at radius 1 is 1.17 bits per heavy atom. The van der Waals surface area contributed by atoms with Crippen molar-refractivity contribution in [3.63, 3.8) is 0 Å². The summed E-state index contributed by atoms with van der Waals surface area (Å²) in [6.45, 7) is 3.33. The molecule has 0 aliphatic rings. The van der Waals surface area contributed by atoms with Crippen LogP contribution >= 0.6 is 0 Å². The number of rotatable bonds is 8. The highest BCUT2D eigenvalue weighted by Crippen LogP contribution is 2.22. The average Bonchev–Trinajstić information content (AvgIpc) is 2.72. The molecule has 0 spiro atoms. The molecule has 0 aliphatic carbocycles. The summed E-state index contributed by atoms with van der Waals surface area (Å²) < 4.78 is 10.1. The maximum Gasteiger partial charge on any atom is 0.428 e. The van der Waals surface area contributed by atoms with Gasteiger partial charge in [-0.15, -0.1) is 0 Å². The predicted molar refractivity (Wildman–Crippen MR) is 111 cm³/mol. The minimum Gasteiger partial charge on any atom is -0.497 e. The van der Waals surface area contributed by atoms with E-state index in [0.29, 0.717) is 22.7 Å². The highest BCUT2D eigenvalue weighted by molar-refractivity contribution is 6.06. The highest BCUT2D eigenvalue weighted by atomic mass is 16.6. The molecule has 0 aromatic heterocycles. The Morgan fingerprint density at radius 3 is 2.50 bits per heavy atom. The van der Waals surface area contributed by atoms with Crippen molar-refractivity contribution in [2.75, 3.05) is 12.4 Å². The molecule has 0 heterocycles. The molecule has 2 N–H and O–H groups in total. The molecule has 10 nitrogen and oxygen atoms in total. The first-order valence-electron chi connectivity index (χ1n) is 8.92. The maximum absolute atomic E-state index is 12.1. The Morgan fingerprint density at radius 2 is 1.87 bits per heavy atom. The molecule has 2 aromatic rings. The van der Waals surface area contributed by atoms with Crippen LogP contribution in [0.1, 0.15) is 24.5 Å². The second-order valence-electron chi connectivity index (χ2n) is 6.36. The number of nitrogens with zero attached hydrogens (tertiary/aromatic N) is 2. The molecule has 0 aliphatic heterocycles. The largest absolute Gasteiger partial charge is 0.497 e. The number of nitro groups is 1. The molecule has 2 rings (SSSR count). The Balaban J connectivity index is 1.82. The van der Waals surface area contributed by atoms with E-state index in [9.17, 15) is 19.7 Å². The molecule has 2 amide bonds. The lowest BCUT2D eigenvalue weighted by Crippen LogP contribution is -2.22. The minimum absolute atomic E-state index is 0.0525.